The molecule has 19 heavy (non-hydrogen) atoms. The van der Waals surface area contributed by atoms with Crippen LogP contribution in [0.15, 0.2) is 30.5 Å². The molecule has 0 atom stereocenters. The van der Waals surface area contributed by atoms with Gasteiger partial charge in [0.25, 0.3) is 0 Å². The van der Waals surface area contributed by atoms with E-state index in [1.807, 2.05) is 16.8 Å². The van der Waals surface area contributed by atoms with Crippen LogP contribution in [0.3, 0.4) is 0 Å². The van der Waals surface area contributed by atoms with Crippen LogP contribution in [0.4, 0.5) is 0 Å². The minimum Gasteiger partial charge on any atom is -0.385 e. The number of aryl methyl sites for hydroxylation is 1. The van der Waals surface area contributed by atoms with Crippen LogP contribution in [-0.2, 0) is 16.1 Å². The van der Waals surface area contributed by atoms with Crippen molar-refractivity contribution >= 4 is 16.8 Å². The fourth-order valence-electron chi connectivity index (χ4n) is 2.09. The molecule has 0 saturated carbocycles. The number of methoxy groups -OCH3 is 1. The molecule has 2 aromatic rings. The van der Waals surface area contributed by atoms with Crippen molar-refractivity contribution in [2.24, 2.45) is 0 Å². The summed E-state index contributed by atoms with van der Waals surface area (Å²) in [5.41, 5.74) is 2.31. The first-order chi connectivity index (χ1) is 9.20. The van der Waals surface area contributed by atoms with Gasteiger partial charge in [-0.1, -0.05) is 12.1 Å². The molecule has 0 aliphatic rings. The third kappa shape index (κ3) is 3.58. The Bertz CT molecular complexity index is 560. The predicted molar refractivity (Wildman–Crippen MR) is 76.2 cm³/mol. The summed E-state index contributed by atoms with van der Waals surface area (Å²) < 4.78 is 6.92. The number of ether oxygens (including phenoxy) is 1. The van der Waals surface area contributed by atoms with Crippen molar-refractivity contribution < 1.29 is 9.53 Å². The summed E-state index contributed by atoms with van der Waals surface area (Å²) in [5, 5.41) is 4.06. The molecule has 0 spiro atoms. The Morgan fingerprint density at radius 1 is 1.37 bits per heavy atom. The van der Waals surface area contributed by atoms with E-state index in [0.29, 0.717) is 19.7 Å². The summed E-state index contributed by atoms with van der Waals surface area (Å²) in [4.78, 5) is 11.8. The second-order valence-corrected chi connectivity index (χ2v) is 4.70. The lowest BCUT2D eigenvalue weighted by atomic mass is 10.2. The molecule has 4 heteroatoms. The molecule has 1 amide bonds. The third-order valence-corrected chi connectivity index (χ3v) is 3.09. The number of hydrogen-bond donors (Lipinski definition) is 1. The first kappa shape index (κ1) is 13.6. The number of aromatic nitrogens is 1. The highest BCUT2D eigenvalue weighted by atomic mass is 16.5. The number of hydrogen-bond acceptors (Lipinski definition) is 2. The molecule has 0 bridgehead atoms. The molecule has 0 radical (unpaired) electrons. The molecule has 102 valence electrons. The lowest BCUT2D eigenvalue weighted by Crippen LogP contribution is -2.28. The van der Waals surface area contributed by atoms with Gasteiger partial charge in [-0.05, 0) is 36.4 Å². The number of rotatable bonds is 6. The van der Waals surface area contributed by atoms with E-state index in [1.54, 1.807) is 7.11 Å². The number of nitrogens with one attached hydrogen (secondary N) is 1. The maximum atomic E-state index is 11.8. The highest BCUT2D eigenvalue weighted by molar-refractivity contribution is 5.83. The summed E-state index contributed by atoms with van der Waals surface area (Å²) in [6.07, 6.45) is 2.80. The molecule has 0 fully saturated rings. The van der Waals surface area contributed by atoms with Gasteiger partial charge in [0.15, 0.2) is 0 Å². The molecule has 4 nitrogen and oxygen atoms in total. The van der Waals surface area contributed by atoms with Gasteiger partial charge in [0.05, 0.1) is 0 Å². The first-order valence-electron chi connectivity index (χ1n) is 6.52. The zero-order valence-corrected chi connectivity index (χ0v) is 11.5. The van der Waals surface area contributed by atoms with Crippen molar-refractivity contribution in [3.8, 4) is 0 Å². The second kappa shape index (κ2) is 6.38. The molecular formula is C15H20N2O2. The normalized spacial score (nSPS) is 10.8. The average molecular weight is 260 g/mol. The van der Waals surface area contributed by atoms with Gasteiger partial charge in [-0.15, -0.1) is 0 Å². The molecular weight excluding hydrogens is 240 g/mol. The largest absolute Gasteiger partial charge is 0.385 e. The van der Waals surface area contributed by atoms with Gasteiger partial charge in [0.1, 0.15) is 6.54 Å². The molecule has 2 rings (SSSR count). The van der Waals surface area contributed by atoms with E-state index in [0.717, 1.165) is 17.3 Å². The number of amides is 1. The van der Waals surface area contributed by atoms with Gasteiger partial charge in [0.2, 0.25) is 5.91 Å². The number of fused-ring (bicyclic) bond motifs is 1. The van der Waals surface area contributed by atoms with Crippen LogP contribution < -0.4 is 5.32 Å². The Morgan fingerprint density at radius 3 is 3.00 bits per heavy atom. The molecule has 1 aromatic heterocycles. The van der Waals surface area contributed by atoms with E-state index in [2.05, 4.69) is 30.4 Å². The SMILES string of the molecule is COCCCNC(=O)Cn1ccc2ccc(C)cc21. The van der Waals surface area contributed by atoms with Crippen LogP contribution in [0.2, 0.25) is 0 Å². The van der Waals surface area contributed by atoms with Gasteiger partial charge in [-0.3, -0.25) is 4.79 Å². The maximum absolute atomic E-state index is 11.8. The van der Waals surface area contributed by atoms with Crippen molar-refractivity contribution in [2.75, 3.05) is 20.3 Å². The number of carbonyl (C=O) groups is 1. The maximum Gasteiger partial charge on any atom is 0.239 e. The molecule has 1 aromatic carbocycles. The zero-order valence-electron chi connectivity index (χ0n) is 11.5. The van der Waals surface area contributed by atoms with Crippen molar-refractivity contribution in [3.63, 3.8) is 0 Å². The Labute approximate surface area is 113 Å². The molecule has 0 unspecified atom stereocenters. The second-order valence-electron chi connectivity index (χ2n) is 4.70. The van der Waals surface area contributed by atoms with Crippen LogP contribution in [-0.4, -0.2) is 30.7 Å². The highest BCUT2D eigenvalue weighted by Crippen LogP contribution is 2.17. The molecule has 1 N–H and O–H groups in total. The molecule has 0 aliphatic carbocycles. The number of benzene rings is 1. The lowest BCUT2D eigenvalue weighted by molar-refractivity contribution is -0.121. The van der Waals surface area contributed by atoms with Gasteiger partial charge in [-0.2, -0.15) is 0 Å². The lowest BCUT2D eigenvalue weighted by Gasteiger charge is -2.07. The van der Waals surface area contributed by atoms with E-state index < -0.39 is 0 Å². The highest BCUT2D eigenvalue weighted by Gasteiger charge is 2.05. The summed E-state index contributed by atoms with van der Waals surface area (Å²) in [7, 11) is 1.66. The minimum atomic E-state index is 0.0371. The number of nitrogens with zero attached hydrogens (tertiary/aromatic N) is 1. The zero-order chi connectivity index (χ0) is 13.7. The van der Waals surface area contributed by atoms with Crippen LogP contribution in [0.1, 0.15) is 12.0 Å². The first-order valence-corrected chi connectivity index (χ1v) is 6.52. The van der Waals surface area contributed by atoms with Crippen molar-refractivity contribution in [1.82, 2.24) is 9.88 Å². The topological polar surface area (TPSA) is 43.3 Å². The smallest absolute Gasteiger partial charge is 0.239 e. The Balaban J connectivity index is 1.97. The van der Waals surface area contributed by atoms with Crippen LogP contribution in [0, 0.1) is 6.92 Å². The molecule has 0 saturated heterocycles. The van der Waals surface area contributed by atoms with Crippen LogP contribution in [0.25, 0.3) is 10.9 Å². The minimum absolute atomic E-state index is 0.0371. The monoisotopic (exact) mass is 260 g/mol. The van der Waals surface area contributed by atoms with Gasteiger partial charge in [-0.25, -0.2) is 0 Å². The van der Waals surface area contributed by atoms with Gasteiger partial charge >= 0.3 is 0 Å². The van der Waals surface area contributed by atoms with E-state index in [-0.39, 0.29) is 5.91 Å². The predicted octanol–water partition coefficient (Wildman–Crippen LogP) is 2.10. The van der Waals surface area contributed by atoms with Crippen LogP contribution in [0.5, 0.6) is 0 Å². The Hall–Kier alpha value is -1.81. The van der Waals surface area contributed by atoms with E-state index in [4.69, 9.17) is 4.74 Å². The van der Waals surface area contributed by atoms with Gasteiger partial charge < -0.3 is 14.6 Å². The van der Waals surface area contributed by atoms with Crippen molar-refractivity contribution in [3.05, 3.63) is 36.0 Å². The van der Waals surface area contributed by atoms with E-state index >= 15 is 0 Å². The summed E-state index contributed by atoms with van der Waals surface area (Å²) in [6, 6.07) is 8.30. The molecule has 1 heterocycles. The van der Waals surface area contributed by atoms with Crippen molar-refractivity contribution in [1.29, 1.82) is 0 Å². The van der Waals surface area contributed by atoms with Crippen molar-refractivity contribution in [2.45, 2.75) is 19.9 Å². The summed E-state index contributed by atoms with van der Waals surface area (Å²) >= 11 is 0. The van der Waals surface area contributed by atoms with Gasteiger partial charge in [0, 0.05) is 32.0 Å². The van der Waals surface area contributed by atoms with E-state index in [1.165, 1.54) is 5.56 Å². The fourth-order valence-corrected chi connectivity index (χ4v) is 2.09. The summed E-state index contributed by atoms with van der Waals surface area (Å²) in [5.74, 6) is 0.0371. The molecule has 0 aliphatic heterocycles. The van der Waals surface area contributed by atoms with Crippen LogP contribution >= 0.6 is 0 Å². The summed E-state index contributed by atoms with van der Waals surface area (Å²) in [6.45, 7) is 3.75. The fraction of sp³-hybridized carbons (Fsp3) is 0.400. The average Bonchev–Trinajstić information content (AvgIpc) is 2.77. The standard InChI is InChI=1S/C15H20N2O2/c1-12-4-5-13-6-8-17(14(13)10-12)11-15(18)16-7-3-9-19-2/h4-6,8,10H,3,7,9,11H2,1-2H3,(H,16,18). The Morgan fingerprint density at radius 2 is 2.21 bits per heavy atom. The number of carbonyl (C=O) groups excluding carboxylic acids is 1. The third-order valence-electron chi connectivity index (χ3n) is 3.09. The Kier molecular flexibility index (Phi) is 4.58. The van der Waals surface area contributed by atoms with E-state index in [9.17, 15) is 4.79 Å². The quantitative estimate of drug-likeness (QED) is 0.808.